The van der Waals surface area contributed by atoms with Crippen LogP contribution in [0, 0.1) is 10.7 Å². The average molecular weight is 872 g/mol. The van der Waals surface area contributed by atoms with Gasteiger partial charge in [-0.2, -0.15) is 0 Å². The summed E-state index contributed by atoms with van der Waals surface area (Å²) in [6, 6.07) is 0. The van der Waals surface area contributed by atoms with E-state index in [4.69, 9.17) is 23.7 Å². The molecule has 0 saturated carbocycles. The first-order valence-electron chi connectivity index (χ1n) is 11.2. The number of hydrogen-bond donors (Lipinski definition) is 2. The van der Waals surface area contributed by atoms with Crippen molar-refractivity contribution in [3.05, 3.63) is 21.8 Å². The van der Waals surface area contributed by atoms with Crippen LogP contribution in [-0.2, 0) is 49.5 Å². The summed E-state index contributed by atoms with van der Waals surface area (Å²) in [5.74, 6) is -3.61. The van der Waals surface area contributed by atoms with Crippen molar-refractivity contribution < 1.29 is 47.7 Å². The molecule has 2 amide bonds. The molecule has 210 valence electrons. The van der Waals surface area contributed by atoms with Gasteiger partial charge in [0.1, 0.15) is 13.2 Å². The van der Waals surface area contributed by atoms with Crippen LogP contribution in [0.15, 0.2) is 0 Å². The smallest absolute Gasteiger partial charge is 0.303 e. The van der Waals surface area contributed by atoms with Crippen LogP contribution in [0.1, 0.15) is 50.5 Å². The van der Waals surface area contributed by atoms with E-state index in [-0.39, 0.29) is 31.9 Å². The molecule has 0 spiro atoms. The number of amides is 2. The quantitative estimate of drug-likeness (QED) is 0.204. The third-order valence-corrected chi connectivity index (χ3v) is 8.36. The molecule has 0 bridgehead atoms. The van der Waals surface area contributed by atoms with Crippen LogP contribution in [0.25, 0.3) is 0 Å². The molecule has 1 saturated heterocycles. The number of benzene rings is 1. The molecule has 1 aliphatic heterocycles. The zero-order valence-electron chi connectivity index (χ0n) is 21.2. The third-order valence-electron chi connectivity index (χ3n) is 4.90. The fraction of sp³-hybridized carbons (Fsp3) is 0.522. The highest BCUT2D eigenvalue weighted by Crippen LogP contribution is 2.36. The number of esters is 3. The lowest BCUT2D eigenvalue weighted by atomic mass is 10.1. The summed E-state index contributed by atoms with van der Waals surface area (Å²) in [5, 5.41) is 5.51. The average Bonchev–Trinajstić information content (AvgIpc) is 3.17. The minimum Gasteiger partial charge on any atom is -0.462 e. The lowest BCUT2D eigenvalue weighted by molar-refractivity contribution is -0.155. The van der Waals surface area contributed by atoms with Gasteiger partial charge >= 0.3 is 17.9 Å². The van der Waals surface area contributed by atoms with Crippen LogP contribution in [-0.4, -0.2) is 67.5 Å². The van der Waals surface area contributed by atoms with E-state index >= 15 is 0 Å². The summed E-state index contributed by atoms with van der Waals surface area (Å²) in [5.41, 5.74) is 1.07. The van der Waals surface area contributed by atoms with Crippen molar-refractivity contribution in [2.45, 2.75) is 59.2 Å². The topological polar surface area (TPSA) is 156 Å². The van der Waals surface area contributed by atoms with Crippen LogP contribution in [0.2, 0.25) is 0 Å². The molecular weight excluding hydrogens is 845 g/mol. The van der Waals surface area contributed by atoms with Crippen LogP contribution in [0.5, 0.6) is 0 Å². The molecule has 1 aliphatic rings. The molecule has 1 fully saturated rings. The largest absolute Gasteiger partial charge is 0.462 e. The second-order valence-electron chi connectivity index (χ2n) is 8.50. The number of ether oxygens (including phenoxy) is 5. The molecule has 2 atom stereocenters. The first kappa shape index (κ1) is 32.9. The fourth-order valence-corrected chi connectivity index (χ4v) is 7.46. The Morgan fingerprint density at radius 1 is 0.974 bits per heavy atom. The second kappa shape index (κ2) is 14.4. The van der Waals surface area contributed by atoms with Crippen molar-refractivity contribution in [3.8, 4) is 0 Å². The van der Waals surface area contributed by atoms with E-state index < -0.39 is 47.7 Å². The predicted octanol–water partition coefficient (Wildman–Crippen LogP) is 2.88. The standard InChI is InChI=1S/C23H27I3N2O10/c1-10(29)34-7-13(37-12(3)31)6-27-22(33)16-17(24)14(8-35-11(2)30)18(25)20(19(16)26)28-21(32)15-9-36-23(4,5)38-15/h13,15H,6-9H2,1-5H3,(H,27,33)(H,28,32). The Kier molecular flexibility index (Phi) is 12.4. The summed E-state index contributed by atoms with van der Waals surface area (Å²) >= 11 is 5.95. The molecule has 2 N–H and O–H groups in total. The SMILES string of the molecule is CC(=O)OCc1c(I)c(NC(=O)C2COC(C)(C)O2)c(I)c(C(=O)NCC(COC(C)=O)OC(C)=O)c1I. The molecule has 0 radical (unpaired) electrons. The van der Waals surface area contributed by atoms with E-state index in [1.807, 2.05) is 67.8 Å². The molecular formula is C23H27I3N2O10. The van der Waals surface area contributed by atoms with Gasteiger partial charge in [-0.25, -0.2) is 0 Å². The maximum Gasteiger partial charge on any atom is 0.303 e. The molecule has 12 nitrogen and oxygen atoms in total. The molecule has 0 aliphatic carbocycles. The van der Waals surface area contributed by atoms with E-state index in [2.05, 4.69) is 10.6 Å². The summed E-state index contributed by atoms with van der Waals surface area (Å²) in [4.78, 5) is 60.5. The predicted molar refractivity (Wildman–Crippen MR) is 158 cm³/mol. The summed E-state index contributed by atoms with van der Waals surface area (Å²) in [6.45, 7) is 6.61. The van der Waals surface area contributed by atoms with Crippen molar-refractivity contribution in [1.82, 2.24) is 5.32 Å². The lowest BCUT2D eigenvalue weighted by Gasteiger charge is -2.22. The summed E-state index contributed by atoms with van der Waals surface area (Å²) in [7, 11) is 0. The van der Waals surface area contributed by atoms with Gasteiger partial charge in [0.05, 0.1) is 28.0 Å². The van der Waals surface area contributed by atoms with Gasteiger partial charge in [0.15, 0.2) is 18.0 Å². The minimum absolute atomic E-state index is 0.0594. The van der Waals surface area contributed by atoms with Gasteiger partial charge in [0.2, 0.25) is 0 Å². The number of hydrogen-bond acceptors (Lipinski definition) is 10. The molecule has 1 aromatic carbocycles. The van der Waals surface area contributed by atoms with Gasteiger partial charge in [-0.15, -0.1) is 0 Å². The first-order chi connectivity index (χ1) is 17.6. The number of carbonyl (C=O) groups excluding carboxylic acids is 5. The first-order valence-corrected chi connectivity index (χ1v) is 14.4. The van der Waals surface area contributed by atoms with Gasteiger partial charge in [-0.1, -0.05) is 0 Å². The Bertz CT molecular complexity index is 1130. The molecule has 0 aromatic heterocycles. The molecule has 15 heteroatoms. The number of halogens is 3. The molecule has 2 rings (SSSR count). The van der Waals surface area contributed by atoms with Crippen LogP contribution >= 0.6 is 67.8 Å². The fourth-order valence-electron chi connectivity index (χ4n) is 3.22. The van der Waals surface area contributed by atoms with E-state index in [0.717, 1.165) is 0 Å². The lowest BCUT2D eigenvalue weighted by Crippen LogP contribution is -2.38. The second-order valence-corrected chi connectivity index (χ2v) is 11.7. The van der Waals surface area contributed by atoms with Crippen molar-refractivity contribution in [2.75, 3.05) is 25.1 Å². The van der Waals surface area contributed by atoms with Gasteiger partial charge < -0.3 is 34.3 Å². The number of anilines is 1. The van der Waals surface area contributed by atoms with Crippen LogP contribution in [0.4, 0.5) is 5.69 Å². The minimum atomic E-state index is -0.915. The Hall–Kier alpha value is -1.32. The van der Waals surface area contributed by atoms with E-state index in [9.17, 15) is 24.0 Å². The zero-order chi connectivity index (χ0) is 28.8. The highest BCUT2D eigenvalue weighted by Gasteiger charge is 2.38. The monoisotopic (exact) mass is 872 g/mol. The third kappa shape index (κ3) is 9.40. The van der Waals surface area contributed by atoms with Gasteiger partial charge in [0.25, 0.3) is 11.8 Å². The van der Waals surface area contributed by atoms with Crippen molar-refractivity contribution >= 4 is 103 Å². The zero-order valence-corrected chi connectivity index (χ0v) is 27.7. The van der Waals surface area contributed by atoms with Crippen LogP contribution in [0.3, 0.4) is 0 Å². The summed E-state index contributed by atoms with van der Waals surface area (Å²) < 4.78 is 27.9. The van der Waals surface area contributed by atoms with Crippen molar-refractivity contribution in [2.24, 2.45) is 0 Å². The van der Waals surface area contributed by atoms with Crippen LogP contribution < -0.4 is 10.6 Å². The van der Waals surface area contributed by atoms with Gasteiger partial charge in [-0.05, 0) is 81.6 Å². The Balaban J connectivity index is 2.40. The van der Waals surface area contributed by atoms with E-state index in [1.54, 1.807) is 13.8 Å². The van der Waals surface area contributed by atoms with Gasteiger partial charge in [-0.3, -0.25) is 24.0 Å². The van der Waals surface area contributed by atoms with E-state index in [1.165, 1.54) is 20.8 Å². The number of rotatable bonds is 10. The van der Waals surface area contributed by atoms with E-state index in [0.29, 0.717) is 22.0 Å². The highest BCUT2D eigenvalue weighted by atomic mass is 127. The Morgan fingerprint density at radius 2 is 1.61 bits per heavy atom. The molecule has 2 unspecified atom stereocenters. The molecule has 1 aromatic rings. The van der Waals surface area contributed by atoms with Gasteiger partial charge in [0, 0.05) is 33.5 Å². The number of nitrogens with one attached hydrogen (secondary N) is 2. The molecule has 38 heavy (non-hydrogen) atoms. The maximum absolute atomic E-state index is 13.4. The highest BCUT2D eigenvalue weighted by molar-refractivity contribution is 14.1. The maximum atomic E-state index is 13.4. The Morgan fingerprint density at radius 3 is 2.13 bits per heavy atom. The Labute approximate surface area is 260 Å². The van der Waals surface area contributed by atoms with Crippen molar-refractivity contribution in [3.63, 3.8) is 0 Å². The van der Waals surface area contributed by atoms with Crippen molar-refractivity contribution in [1.29, 1.82) is 0 Å². The number of carbonyl (C=O) groups is 5. The molecule has 1 heterocycles. The summed E-state index contributed by atoms with van der Waals surface area (Å²) in [6.07, 6.45) is -1.78. The normalized spacial score (nSPS) is 16.8.